The van der Waals surface area contributed by atoms with Crippen molar-refractivity contribution in [1.29, 1.82) is 0 Å². The number of rotatable bonds is 4. The first kappa shape index (κ1) is 17.6. The molecule has 1 aliphatic carbocycles. The van der Waals surface area contributed by atoms with Gasteiger partial charge >= 0.3 is 0 Å². The van der Waals surface area contributed by atoms with Gasteiger partial charge in [0.05, 0.1) is 0 Å². The van der Waals surface area contributed by atoms with Crippen molar-refractivity contribution in [3.05, 3.63) is 59.7 Å². The Hall–Kier alpha value is -2.82. The van der Waals surface area contributed by atoms with Crippen LogP contribution >= 0.6 is 0 Å². The largest absolute Gasteiger partial charge is 0.508 e. The second-order valence-electron chi connectivity index (χ2n) is 7.50. The highest BCUT2D eigenvalue weighted by Gasteiger charge is 2.30. The molecule has 1 saturated heterocycles. The lowest BCUT2D eigenvalue weighted by atomic mass is 9.89. The highest BCUT2D eigenvalue weighted by Crippen LogP contribution is 2.31. The Balaban J connectivity index is 1.37. The Morgan fingerprint density at radius 2 is 1.67 bits per heavy atom. The lowest BCUT2D eigenvalue weighted by molar-refractivity contribution is -0.117. The van der Waals surface area contributed by atoms with Crippen molar-refractivity contribution in [3.63, 3.8) is 0 Å². The minimum absolute atomic E-state index is 0.0154. The summed E-state index contributed by atoms with van der Waals surface area (Å²) < 4.78 is 0. The van der Waals surface area contributed by atoms with Crippen LogP contribution in [0, 0.1) is 5.92 Å². The van der Waals surface area contributed by atoms with Crippen molar-refractivity contribution in [1.82, 2.24) is 4.90 Å². The van der Waals surface area contributed by atoms with E-state index in [4.69, 9.17) is 0 Å². The second-order valence-corrected chi connectivity index (χ2v) is 7.50. The van der Waals surface area contributed by atoms with Crippen molar-refractivity contribution >= 4 is 17.5 Å². The third-order valence-corrected chi connectivity index (χ3v) is 5.47. The van der Waals surface area contributed by atoms with Crippen LogP contribution in [-0.2, 0) is 4.79 Å². The SMILES string of the molecule is O=C(Nc1cccc(C(=O)N2CCC(c3ccc(O)cc3)CC2)c1)C1CC1. The third-order valence-electron chi connectivity index (χ3n) is 5.47. The van der Waals surface area contributed by atoms with Gasteiger partial charge in [-0.3, -0.25) is 9.59 Å². The zero-order valence-corrected chi connectivity index (χ0v) is 15.2. The van der Waals surface area contributed by atoms with Crippen molar-refractivity contribution in [2.45, 2.75) is 31.6 Å². The lowest BCUT2D eigenvalue weighted by Gasteiger charge is -2.32. The van der Waals surface area contributed by atoms with Gasteiger partial charge in [0.2, 0.25) is 5.91 Å². The summed E-state index contributed by atoms with van der Waals surface area (Å²) in [6.07, 6.45) is 3.74. The first-order valence-electron chi connectivity index (χ1n) is 9.59. The number of carbonyl (C=O) groups is 2. The molecule has 2 fully saturated rings. The van der Waals surface area contributed by atoms with E-state index in [0.29, 0.717) is 30.3 Å². The number of benzene rings is 2. The number of hydrogen-bond acceptors (Lipinski definition) is 3. The average Bonchev–Trinajstić information content (AvgIpc) is 3.54. The van der Waals surface area contributed by atoms with E-state index in [0.717, 1.165) is 25.7 Å². The monoisotopic (exact) mass is 364 g/mol. The molecular formula is C22H24N2O3. The van der Waals surface area contributed by atoms with Crippen LogP contribution in [0.5, 0.6) is 5.75 Å². The number of likely N-dealkylation sites (tertiary alicyclic amines) is 1. The third kappa shape index (κ3) is 4.13. The van der Waals surface area contributed by atoms with Crippen LogP contribution < -0.4 is 5.32 Å². The number of phenols is 1. The molecule has 0 radical (unpaired) electrons. The van der Waals surface area contributed by atoms with Gasteiger partial charge in [0.25, 0.3) is 5.91 Å². The Bertz CT molecular complexity index is 835. The molecule has 4 rings (SSSR count). The Morgan fingerprint density at radius 3 is 2.33 bits per heavy atom. The van der Waals surface area contributed by atoms with E-state index in [1.54, 1.807) is 24.3 Å². The minimum Gasteiger partial charge on any atom is -0.508 e. The molecular weight excluding hydrogens is 340 g/mol. The molecule has 140 valence electrons. The van der Waals surface area contributed by atoms with E-state index in [1.807, 2.05) is 29.2 Å². The van der Waals surface area contributed by atoms with Gasteiger partial charge in [-0.2, -0.15) is 0 Å². The standard InChI is InChI=1S/C22H24N2O3/c25-20-8-6-15(7-9-20)16-10-12-24(13-11-16)22(27)18-2-1-3-19(14-18)23-21(26)17-4-5-17/h1-3,6-9,14,16-17,25H,4-5,10-13H2,(H,23,26). The van der Waals surface area contributed by atoms with Gasteiger partial charge in [-0.05, 0) is 67.5 Å². The summed E-state index contributed by atoms with van der Waals surface area (Å²) in [6, 6.07) is 14.6. The molecule has 2 amide bonds. The molecule has 1 aliphatic heterocycles. The molecule has 1 heterocycles. The molecule has 5 heteroatoms. The van der Waals surface area contributed by atoms with E-state index in [1.165, 1.54) is 5.56 Å². The van der Waals surface area contributed by atoms with Gasteiger partial charge in [-0.25, -0.2) is 0 Å². The first-order valence-corrected chi connectivity index (χ1v) is 9.59. The Labute approximate surface area is 159 Å². The van der Waals surface area contributed by atoms with Gasteiger partial charge in [0.1, 0.15) is 5.75 Å². The second kappa shape index (κ2) is 7.43. The molecule has 0 atom stereocenters. The summed E-state index contributed by atoms with van der Waals surface area (Å²) in [7, 11) is 0. The van der Waals surface area contributed by atoms with Gasteiger partial charge in [0.15, 0.2) is 0 Å². The number of piperidine rings is 1. The number of anilines is 1. The highest BCUT2D eigenvalue weighted by molar-refractivity contribution is 5.98. The van der Waals surface area contributed by atoms with Crippen LogP contribution in [0.25, 0.3) is 0 Å². The smallest absolute Gasteiger partial charge is 0.253 e. The average molecular weight is 364 g/mol. The summed E-state index contributed by atoms with van der Waals surface area (Å²) in [5.41, 5.74) is 2.52. The number of hydrogen-bond donors (Lipinski definition) is 2. The number of nitrogens with one attached hydrogen (secondary N) is 1. The van der Waals surface area contributed by atoms with E-state index in [-0.39, 0.29) is 23.5 Å². The summed E-state index contributed by atoms with van der Waals surface area (Å²) in [4.78, 5) is 26.7. The molecule has 0 aromatic heterocycles. The lowest BCUT2D eigenvalue weighted by Crippen LogP contribution is -2.37. The van der Waals surface area contributed by atoms with E-state index >= 15 is 0 Å². The summed E-state index contributed by atoms with van der Waals surface area (Å²) in [5.74, 6) is 0.901. The number of phenolic OH excluding ortho intramolecular Hbond substituents is 1. The fraction of sp³-hybridized carbons (Fsp3) is 0.364. The van der Waals surface area contributed by atoms with Crippen LogP contribution in [0.2, 0.25) is 0 Å². The van der Waals surface area contributed by atoms with E-state index in [2.05, 4.69) is 5.32 Å². The van der Waals surface area contributed by atoms with E-state index < -0.39 is 0 Å². The molecule has 2 N–H and O–H groups in total. The van der Waals surface area contributed by atoms with Crippen LogP contribution in [0.1, 0.15) is 47.5 Å². The molecule has 1 saturated carbocycles. The highest BCUT2D eigenvalue weighted by atomic mass is 16.3. The van der Waals surface area contributed by atoms with Crippen molar-refractivity contribution < 1.29 is 14.7 Å². The molecule has 2 aromatic carbocycles. The van der Waals surface area contributed by atoms with Crippen LogP contribution in [0.3, 0.4) is 0 Å². The van der Waals surface area contributed by atoms with Crippen molar-refractivity contribution in [2.24, 2.45) is 5.92 Å². The number of amides is 2. The predicted octanol–water partition coefficient (Wildman–Crippen LogP) is 3.76. The van der Waals surface area contributed by atoms with Crippen LogP contribution in [-0.4, -0.2) is 34.9 Å². The van der Waals surface area contributed by atoms with Gasteiger partial charge in [-0.1, -0.05) is 18.2 Å². The zero-order chi connectivity index (χ0) is 18.8. The number of carbonyl (C=O) groups excluding carboxylic acids is 2. The molecule has 2 aromatic rings. The molecule has 27 heavy (non-hydrogen) atoms. The number of nitrogens with zero attached hydrogens (tertiary/aromatic N) is 1. The van der Waals surface area contributed by atoms with Crippen LogP contribution in [0.15, 0.2) is 48.5 Å². The quantitative estimate of drug-likeness (QED) is 0.868. The fourth-order valence-electron chi connectivity index (χ4n) is 3.66. The fourth-order valence-corrected chi connectivity index (χ4v) is 3.66. The van der Waals surface area contributed by atoms with E-state index in [9.17, 15) is 14.7 Å². The molecule has 2 aliphatic rings. The summed E-state index contributed by atoms with van der Waals surface area (Å²) in [5, 5.41) is 12.3. The summed E-state index contributed by atoms with van der Waals surface area (Å²) >= 11 is 0. The Morgan fingerprint density at radius 1 is 0.963 bits per heavy atom. The normalized spacial score (nSPS) is 17.6. The molecule has 0 unspecified atom stereocenters. The molecule has 0 bridgehead atoms. The van der Waals surface area contributed by atoms with Crippen LogP contribution in [0.4, 0.5) is 5.69 Å². The van der Waals surface area contributed by atoms with Gasteiger partial charge in [0, 0.05) is 30.3 Å². The molecule has 0 spiro atoms. The van der Waals surface area contributed by atoms with Crippen molar-refractivity contribution in [2.75, 3.05) is 18.4 Å². The van der Waals surface area contributed by atoms with Crippen molar-refractivity contribution in [3.8, 4) is 5.75 Å². The minimum atomic E-state index is 0.0154. The zero-order valence-electron chi connectivity index (χ0n) is 15.2. The maximum absolute atomic E-state index is 12.9. The topological polar surface area (TPSA) is 69.6 Å². The maximum atomic E-state index is 12.9. The van der Waals surface area contributed by atoms with Gasteiger partial charge < -0.3 is 15.3 Å². The number of aromatic hydroxyl groups is 1. The molecule has 5 nitrogen and oxygen atoms in total. The predicted molar refractivity (Wildman–Crippen MR) is 104 cm³/mol. The Kier molecular flexibility index (Phi) is 4.84. The van der Waals surface area contributed by atoms with Gasteiger partial charge in [-0.15, -0.1) is 0 Å². The maximum Gasteiger partial charge on any atom is 0.253 e. The first-order chi connectivity index (χ1) is 13.1. The summed E-state index contributed by atoms with van der Waals surface area (Å²) in [6.45, 7) is 1.42.